The number of rotatable bonds is 4. The zero-order valence-electron chi connectivity index (χ0n) is 15.3. The summed E-state index contributed by atoms with van der Waals surface area (Å²) in [5.41, 5.74) is 3.29. The molecule has 0 saturated carbocycles. The Bertz CT molecular complexity index is 786. The molecule has 0 spiro atoms. The van der Waals surface area contributed by atoms with Gasteiger partial charge in [-0.05, 0) is 37.3 Å². The summed E-state index contributed by atoms with van der Waals surface area (Å²) < 4.78 is 7.29. The lowest BCUT2D eigenvalue weighted by Crippen LogP contribution is -2.49. The lowest BCUT2D eigenvalue weighted by Gasteiger charge is -2.36. The van der Waals surface area contributed by atoms with Crippen LogP contribution < -0.4 is 10.1 Å². The van der Waals surface area contributed by atoms with Crippen molar-refractivity contribution in [1.29, 1.82) is 0 Å². The van der Waals surface area contributed by atoms with Crippen LogP contribution in [0.25, 0.3) is 0 Å². The van der Waals surface area contributed by atoms with Gasteiger partial charge in [0.05, 0.1) is 19.0 Å². The Labute approximate surface area is 164 Å². The van der Waals surface area contributed by atoms with Crippen molar-refractivity contribution < 1.29 is 4.74 Å². The number of nitrogens with one attached hydrogen (secondary N) is 1. The second kappa shape index (κ2) is 8.24. The number of methoxy groups -OCH3 is 1. The van der Waals surface area contributed by atoms with Crippen LogP contribution in [0.3, 0.4) is 0 Å². The predicted octanol–water partition coefficient (Wildman–Crippen LogP) is 2.91. The first kappa shape index (κ1) is 18.9. The molecule has 1 saturated heterocycles. The maximum absolute atomic E-state index is 6.09. The van der Waals surface area contributed by atoms with Crippen LogP contribution in [-0.2, 0) is 13.6 Å². The highest BCUT2D eigenvalue weighted by molar-refractivity contribution is 7.80. The van der Waals surface area contributed by atoms with E-state index in [1.165, 1.54) is 11.3 Å². The highest BCUT2D eigenvalue weighted by Crippen LogP contribution is 2.28. The van der Waals surface area contributed by atoms with E-state index in [9.17, 15) is 0 Å². The zero-order valence-corrected chi connectivity index (χ0v) is 16.9. The van der Waals surface area contributed by atoms with E-state index in [2.05, 4.69) is 27.1 Å². The molecule has 1 aromatic carbocycles. The Balaban J connectivity index is 1.55. The van der Waals surface area contributed by atoms with Gasteiger partial charge in [-0.2, -0.15) is 5.10 Å². The molecule has 1 aliphatic heterocycles. The van der Waals surface area contributed by atoms with Crippen molar-refractivity contribution in [2.75, 3.05) is 38.6 Å². The molecule has 0 atom stereocenters. The van der Waals surface area contributed by atoms with Gasteiger partial charge in [0.25, 0.3) is 0 Å². The first-order valence-corrected chi connectivity index (χ1v) is 9.36. The van der Waals surface area contributed by atoms with Crippen molar-refractivity contribution in [1.82, 2.24) is 19.6 Å². The van der Waals surface area contributed by atoms with E-state index >= 15 is 0 Å². The SMILES string of the molecule is COc1ccc(Cl)cc1NC(=S)N1CCN(Cc2cnn(C)c2C)CC1. The van der Waals surface area contributed by atoms with E-state index in [0.29, 0.717) is 10.1 Å². The van der Waals surface area contributed by atoms with Crippen LogP contribution in [0.4, 0.5) is 5.69 Å². The average Bonchev–Trinajstić information content (AvgIpc) is 2.94. The Morgan fingerprint density at radius 1 is 1.31 bits per heavy atom. The summed E-state index contributed by atoms with van der Waals surface area (Å²) in [6.45, 7) is 6.72. The van der Waals surface area contributed by atoms with Crippen LogP contribution in [0.1, 0.15) is 11.3 Å². The number of thiocarbonyl (C=S) groups is 1. The molecule has 0 radical (unpaired) electrons. The molecule has 140 valence electrons. The van der Waals surface area contributed by atoms with Gasteiger partial charge in [0.2, 0.25) is 0 Å². The van der Waals surface area contributed by atoms with Crippen LogP contribution in [0.5, 0.6) is 5.75 Å². The number of aromatic nitrogens is 2. The van der Waals surface area contributed by atoms with Crippen molar-refractivity contribution in [3.05, 3.63) is 40.7 Å². The Morgan fingerprint density at radius 2 is 2.04 bits per heavy atom. The van der Waals surface area contributed by atoms with E-state index in [-0.39, 0.29) is 0 Å². The van der Waals surface area contributed by atoms with Crippen molar-refractivity contribution in [2.45, 2.75) is 13.5 Å². The van der Waals surface area contributed by atoms with Gasteiger partial charge in [-0.1, -0.05) is 11.6 Å². The molecule has 2 heterocycles. The number of aryl methyl sites for hydroxylation is 1. The molecule has 0 unspecified atom stereocenters. The van der Waals surface area contributed by atoms with Crippen molar-refractivity contribution in [3.63, 3.8) is 0 Å². The fourth-order valence-corrected chi connectivity index (χ4v) is 3.49. The quantitative estimate of drug-likeness (QED) is 0.806. The molecule has 1 aliphatic rings. The van der Waals surface area contributed by atoms with Crippen molar-refractivity contribution in [3.8, 4) is 5.75 Å². The first-order chi connectivity index (χ1) is 12.5. The van der Waals surface area contributed by atoms with Gasteiger partial charge in [0.15, 0.2) is 5.11 Å². The lowest BCUT2D eigenvalue weighted by molar-refractivity contribution is 0.176. The van der Waals surface area contributed by atoms with Gasteiger partial charge in [-0.3, -0.25) is 9.58 Å². The summed E-state index contributed by atoms with van der Waals surface area (Å²) in [5.74, 6) is 0.724. The molecular formula is C18H24ClN5OS. The maximum atomic E-state index is 6.09. The number of hydrogen-bond donors (Lipinski definition) is 1. The van der Waals surface area contributed by atoms with Gasteiger partial charge in [0.1, 0.15) is 5.75 Å². The monoisotopic (exact) mass is 393 g/mol. The van der Waals surface area contributed by atoms with Crippen LogP contribution in [0, 0.1) is 6.92 Å². The van der Waals surface area contributed by atoms with Gasteiger partial charge >= 0.3 is 0 Å². The number of hydrogen-bond acceptors (Lipinski definition) is 4. The third-order valence-corrected chi connectivity index (χ3v) is 5.39. The molecule has 3 rings (SSSR count). The van der Waals surface area contributed by atoms with Gasteiger partial charge in [-0.25, -0.2) is 0 Å². The van der Waals surface area contributed by atoms with Crippen LogP contribution in [-0.4, -0.2) is 58.0 Å². The third-order valence-electron chi connectivity index (χ3n) is 4.79. The van der Waals surface area contributed by atoms with Crippen molar-refractivity contribution >= 4 is 34.6 Å². The van der Waals surface area contributed by atoms with Crippen molar-refractivity contribution in [2.24, 2.45) is 7.05 Å². The van der Waals surface area contributed by atoms with Gasteiger partial charge in [0, 0.05) is 56.1 Å². The van der Waals surface area contributed by atoms with Crippen LogP contribution in [0.2, 0.25) is 5.02 Å². The van der Waals surface area contributed by atoms with E-state index in [4.69, 9.17) is 28.6 Å². The minimum atomic E-state index is 0.646. The minimum Gasteiger partial charge on any atom is -0.495 e. The molecule has 0 aliphatic carbocycles. The standard InChI is InChI=1S/C18H24ClN5OS/c1-13-14(11-20-22(13)2)12-23-6-8-24(9-7-23)18(26)21-16-10-15(19)4-5-17(16)25-3/h4-5,10-11H,6-9,12H2,1-3H3,(H,21,26). The third kappa shape index (κ3) is 4.28. The van der Waals surface area contributed by atoms with E-state index in [1.807, 2.05) is 30.1 Å². The maximum Gasteiger partial charge on any atom is 0.173 e. The fourth-order valence-electron chi connectivity index (χ4n) is 3.02. The summed E-state index contributed by atoms with van der Waals surface area (Å²) in [7, 11) is 3.61. The number of nitrogens with zero attached hydrogens (tertiary/aromatic N) is 4. The molecular weight excluding hydrogens is 370 g/mol. The highest BCUT2D eigenvalue weighted by atomic mass is 35.5. The molecule has 6 nitrogen and oxygen atoms in total. The summed E-state index contributed by atoms with van der Waals surface area (Å²) in [5, 5.41) is 8.93. The molecule has 1 aromatic heterocycles. The first-order valence-electron chi connectivity index (χ1n) is 8.57. The molecule has 0 bridgehead atoms. The average molecular weight is 394 g/mol. The van der Waals surface area contributed by atoms with E-state index in [0.717, 1.165) is 44.2 Å². The number of anilines is 1. The fraction of sp³-hybridized carbons (Fsp3) is 0.444. The van der Waals surface area contributed by atoms with Gasteiger partial charge < -0.3 is 15.0 Å². The van der Waals surface area contributed by atoms with E-state index in [1.54, 1.807) is 13.2 Å². The normalized spacial score (nSPS) is 15.2. The largest absolute Gasteiger partial charge is 0.495 e. The van der Waals surface area contributed by atoms with E-state index < -0.39 is 0 Å². The second-order valence-electron chi connectivity index (χ2n) is 6.42. The Kier molecular flexibility index (Phi) is 6.01. The van der Waals surface area contributed by atoms with Crippen LogP contribution in [0.15, 0.2) is 24.4 Å². The second-order valence-corrected chi connectivity index (χ2v) is 7.24. The summed E-state index contributed by atoms with van der Waals surface area (Å²) in [6.07, 6.45) is 1.96. The number of benzene rings is 1. The number of piperazine rings is 1. The number of ether oxygens (including phenoxy) is 1. The number of halogens is 1. The summed E-state index contributed by atoms with van der Waals surface area (Å²) >= 11 is 11.7. The Morgan fingerprint density at radius 3 is 2.65 bits per heavy atom. The minimum absolute atomic E-state index is 0.646. The summed E-state index contributed by atoms with van der Waals surface area (Å²) in [4.78, 5) is 4.62. The molecule has 1 N–H and O–H groups in total. The molecule has 2 aromatic rings. The predicted molar refractivity (Wildman–Crippen MR) is 109 cm³/mol. The smallest absolute Gasteiger partial charge is 0.173 e. The Hall–Kier alpha value is -1.83. The highest BCUT2D eigenvalue weighted by Gasteiger charge is 2.20. The molecule has 0 amide bonds. The lowest BCUT2D eigenvalue weighted by atomic mass is 10.2. The molecule has 26 heavy (non-hydrogen) atoms. The molecule has 1 fully saturated rings. The van der Waals surface area contributed by atoms with Crippen LogP contribution >= 0.6 is 23.8 Å². The molecule has 8 heteroatoms. The summed E-state index contributed by atoms with van der Waals surface area (Å²) in [6, 6.07) is 5.46. The van der Waals surface area contributed by atoms with Gasteiger partial charge in [-0.15, -0.1) is 0 Å². The zero-order chi connectivity index (χ0) is 18.7. The topological polar surface area (TPSA) is 45.6 Å².